The van der Waals surface area contributed by atoms with Crippen LogP contribution in [0.4, 0.5) is 13.2 Å². The van der Waals surface area contributed by atoms with Crippen LogP contribution in [0.3, 0.4) is 0 Å². The zero-order valence-corrected chi connectivity index (χ0v) is 16.3. The van der Waals surface area contributed by atoms with Crippen LogP contribution < -0.4 is 4.74 Å². The van der Waals surface area contributed by atoms with E-state index in [2.05, 4.69) is 14.9 Å². The normalized spacial score (nSPS) is 11.9. The van der Waals surface area contributed by atoms with Crippen LogP contribution in [0.1, 0.15) is 0 Å². The predicted octanol–water partition coefficient (Wildman–Crippen LogP) is 4.21. The average molecular weight is 433 g/mol. The molecule has 0 saturated carbocycles. The average Bonchev–Trinajstić information content (AvgIpc) is 3.05. The molecule has 0 aliphatic heterocycles. The lowest BCUT2D eigenvalue weighted by Gasteiger charge is -2.09. The highest BCUT2D eigenvalue weighted by atomic mass is 32.2. The van der Waals surface area contributed by atoms with Crippen molar-refractivity contribution >= 4 is 15.4 Å². The SMILES string of the molecule is CS(=O)(=O)c1ccccc1-c1c(-c2cccc(F)c2)nn2nc(OC(F)F)ccc12. The number of aromatic nitrogens is 3. The summed E-state index contributed by atoms with van der Waals surface area (Å²) in [4.78, 5) is 0.0467. The number of sulfone groups is 1. The summed E-state index contributed by atoms with van der Waals surface area (Å²) in [5.74, 6) is -0.879. The van der Waals surface area contributed by atoms with Crippen LogP contribution in [0.25, 0.3) is 27.9 Å². The van der Waals surface area contributed by atoms with E-state index < -0.39 is 22.3 Å². The molecular weight excluding hydrogens is 419 g/mol. The molecule has 0 fully saturated rings. The molecule has 6 nitrogen and oxygen atoms in total. The second kappa shape index (κ2) is 7.45. The van der Waals surface area contributed by atoms with Crippen LogP contribution in [0.5, 0.6) is 5.88 Å². The first-order valence-corrected chi connectivity index (χ1v) is 10.5. The molecule has 0 bridgehead atoms. The van der Waals surface area contributed by atoms with Gasteiger partial charge in [-0.2, -0.15) is 8.78 Å². The molecule has 0 spiro atoms. The molecule has 4 aromatic rings. The maximum absolute atomic E-state index is 13.9. The lowest BCUT2D eigenvalue weighted by molar-refractivity contribution is -0.0536. The van der Waals surface area contributed by atoms with Gasteiger partial charge >= 0.3 is 6.61 Å². The van der Waals surface area contributed by atoms with Crippen molar-refractivity contribution in [2.45, 2.75) is 11.5 Å². The standard InChI is InChI=1S/C20H14F3N3O3S/c1-30(27,28)16-8-3-2-7-14(16)18-15-9-10-17(29-20(22)23)24-26(15)25-19(18)12-5-4-6-13(21)11-12/h2-11,20H,1H3. The Bertz CT molecular complexity index is 1350. The fourth-order valence-corrected chi connectivity index (χ4v) is 4.07. The highest BCUT2D eigenvalue weighted by Crippen LogP contribution is 2.38. The molecule has 0 amide bonds. The van der Waals surface area contributed by atoms with Gasteiger partial charge in [-0.05, 0) is 24.3 Å². The van der Waals surface area contributed by atoms with Gasteiger partial charge < -0.3 is 4.74 Å². The number of benzene rings is 2. The lowest BCUT2D eigenvalue weighted by atomic mass is 10.00. The van der Waals surface area contributed by atoms with Gasteiger partial charge in [0, 0.05) is 29.0 Å². The molecule has 0 aliphatic carbocycles. The van der Waals surface area contributed by atoms with E-state index in [0.29, 0.717) is 22.2 Å². The van der Waals surface area contributed by atoms with E-state index in [9.17, 15) is 21.6 Å². The number of nitrogens with zero attached hydrogens (tertiary/aromatic N) is 3. The maximum atomic E-state index is 13.9. The summed E-state index contributed by atoms with van der Waals surface area (Å²) in [5, 5.41) is 8.23. The van der Waals surface area contributed by atoms with Gasteiger partial charge in [0.15, 0.2) is 9.84 Å². The third-order valence-electron chi connectivity index (χ3n) is 4.34. The molecule has 0 saturated heterocycles. The molecule has 0 atom stereocenters. The number of fused-ring (bicyclic) bond motifs is 1. The van der Waals surface area contributed by atoms with Gasteiger partial charge in [-0.3, -0.25) is 0 Å². The van der Waals surface area contributed by atoms with Crippen LogP contribution in [0.15, 0.2) is 65.6 Å². The molecule has 0 N–H and O–H groups in total. The summed E-state index contributed by atoms with van der Waals surface area (Å²) in [7, 11) is -3.61. The molecule has 10 heteroatoms. The summed E-state index contributed by atoms with van der Waals surface area (Å²) in [6.45, 7) is -3.07. The van der Waals surface area contributed by atoms with E-state index in [1.54, 1.807) is 24.3 Å². The van der Waals surface area contributed by atoms with Crippen molar-refractivity contribution < 1.29 is 26.3 Å². The van der Waals surface area contributed by atoms with Crippen LogP contribution in [0, 0.1) is 5.82 Å². The smallest absolute Gasteiger partial charge is 0.388 e. The van der Waals surface area contributed by atoms with Gasteiger partial charge in [-0.15, -0.1) is 14.8 Å². The van der Waals surface area contributed by atoms with Gasteiger partial charge in [-0.1, -0.05) is 30.3 Å². The minimum atomic E-state index is -3.61. The van der Waals surface area contributed by atoms with Crippen LogP contribution in [-0.2, 0) is 9.84 Å². The van der Waals surface area contributed by atoms with Crippen molar-refractivity contribution in [3.8, 4) is 28.3 Å². The summed E-state index contributed by atoms with van der Waals surface area (Å²) >= 11 is 0. The third-order valence-corrected chi connectivity index (χ3v) is 5.50. The molecule has 30 heavy (non-hydrogen) atoms. The van der Waals surface area contributed by atoms with Crippen molar-refractivity contribution in [2.24, 2.45) is 0 Å². The van der Waals surface area contributed by atoms with E-state index in [1.807, 2.05) is 0 Å². The van der Waals surface area contributed by atoms with Crippen LogP contribution >= 0.6 is 0 Å². The number of hydrogen-bond acceptors (Lipinski definition) is 5. The Labute approximate surface area is 169 Å². The summed E-state index contributed by atoms with van der Waals surface area (Å²) < 4.78 is 69.1. The molecule has 0 radical (unpaired) electrons. The van der Waals surface area contributed by atoms with E-state index in [-0.39, 0.29) is 16.5 Å². The molecule has 2 aromatic heterocycles. The third kappa shape index (κ3) is 3.73. The van der Waals surface area contributed by atoms with Crippen molar-refractivity contribution in [1.82, 2.24) is 14.8 Å². The number of ether oxygens (including phenoxy) is 1. The minimum absolute atomic E-state index is 0.0467. The van der Waals surface area contributed by atoms with Crippen molar-refractivity contribution in [1.29, 1.82) is 0 Å². The topological polar surface area (TPSA) is 73.6 Å². The number of alkyl halides is 2. The van der Waals surface area contributed by atoms with Crippen LogP contribution in [0.2, 0.25) is 0 Å². The minimum Gasteiger partial charge on any atom is -0.415 e. The highest BCUT2D eigenvalue weighted by molar-refractivity contribution is 7.90. The van der Waals surface area contributed by atoms with Gasteiger partial charge in [-0.25, -0.2) is 12.8 Å². The van der Waals surface area contributed by atoms with Gasteiger partial charge in [0.2, 0.25) is 5.88 Å². The number of rotatable bonds is 5. The maximum Gasteiger partial charge on any atom is 0.388 e. The quantitative estimate of drug-likeness (QED) is 0.472. The Hall–Kier alpha value is -3.40. The lowest BCUT2D eigenvalue weighted by Crippen LogP contribution is -2.06. The van der Waals surface area contributed by atoms with E-state index in [0.717, 1.165) is 10.9 Å². The molecule has 0 aliphatic rings. The summed E-state index contributed by atoms with van der Waals surface area (Å²) in [6, 6.07) is 14.5. The monoisotopic (exact) mass is 433 g/mol. The van der Waals surface area contributed by atoms with Crippen molar-refractivity contribution in [3.05, 3.63) is 66.5 Å². The first-order valence-electron chi connectivity index (χ1n) is 8.64. The first kappa shape index (κ1) is 19.9. The zero-order chi connectivity index (χ0) is 21.5. The van der Waals surface area contributed by atoms with E-state index >= 15 is 0 Å². The molecule has 2 heterocycles. The summed E-state index contributed by atoms with van der Waals surface area (Å²) in [6.07, 6.45) is 1.08. The van der Waals surface area contributed by atoms with Crippen LogP contribution in [-0.4, -0.2) is 36.1 Å². The number of halogens is 3. The largest absolute Gasteiger partial charge is 0.415 e. The molecule has 2 aromatic carbocycles. The zero-order valence-electron chi connectivity index (χ0n) is 15.5. The Balaban J connectivity index is 2.06. The fraction of sp³-hybridized carbons (Fsp3) is 0.100. The van der Waals surface area contributed by atoms with Crippen molar-refractivity contribution in [2.75, 3.05) is 6.26 Å². The molecule has 0 unspecified atom stereocenters. The van der Waals surface area contributed by atoms with Crippen molar-refractivity contribution in [3.63, 3.8) is 0 Å². The second-order valence-corrected chi connectivity index (χ2v) is 8.41. The van der Waals surface area contributed by atoms with E-state index in [4.69, 9.17) is 0 Å². The number of hydrogen-bond donors (Lipinski definition) is 0. The van der Waals surface area contributed by atoms with Gasteiger partial charge in [0.05, 0.1) is 10.4 Å². The molecule has 154 valence electrons. The Morgan fingerprint density at radius 2 is 1.77 bits per heavy atom. The van der Waals surface area contributed by atoms with E-state index in [1.165, 1.54) is 36.4 Å². The second-order valence-electron chi connectivity index (χ2n) is 6.43. The summed E-state index contributed by atoms with van der Waals surface area (Å²) in [5.41, 5.74) is 1.66. The van der Waals surface area contributed by atoms with Gasteiger partial charge in [0.25, 0.3) is 0 Å². The Kier molecular flexibility index (Phi) is 4.94. The molecular formula is C20H14F3N3O3S. The predicted molar refractivity (Wildman–Crippen MR) is 104 cm³/mol. The first-order chi connectivity index (χ1) is 14.2. The Morgan fingerprint density at radius 3 is 2.47 bits per heavy atom. The molecule has 4 rings (SSSR count). The highest BCUT2D eigenvalue weighted by Gasteiger charge is 2.23. The van der Waals surface area contributed by atoms with Gasteiger partial charge in [0.1, 0.15) is 11.5 Å². The Morgan fingerprint density at radius 1 is 1.00 bits per heavy atom. The fourth-order valence-electron chi connectivity index (χ4n) is 3.18.